The van der Waals surface area contributed by atoms with Crippen LogP contribution in [-0.2, 0) is 4.79 Å². The molecule has 30 heavy (non-hydrogen) atoms. The number of thioether (sulfide) groups is 1. The number of benzene rings is 2. The summed E-state index contributed by atoms with van der Waals surface area (Å²) in [7, 11) is 0. The lowest BCUT2D eigenvalue weighted by Crippen LogP contribution is -2.37. The molecular formula is C23H26ClN3O2S. The van der Waals surface area contributed by atoms with Crippen LogP contribution in [0, 0.1) is 0 Å². The molecule has 2 aromatic carbocycles. The summed E-state index contributed by atoms with van der Waals surface area (Å²) in [5.74, 6) is -0.0398. The summed E-state index contributed by atoms with van der Waals surface area (Å²) in [6.45, 7) is 4.53. The first kappa shape index (κ1) is 21.1. The van der Waals surface area contributed by atoms with E-state index < -0.39 is 0 Å². The van der Waals surface area contributed by atoms with Gasteiger partial charge >= 0.3 is 0 Å². The highest BCUT2D eigenvalue weighted by molar-refractivity contribution is 8.00. The number of nitrogens with zero attached hydrogens (tertiary/aromatic N) is 2. The Balaban J connectivity index is 1.51. The molecule has 0 aliphatic carbocycles. The summed E-state index contributed by atoms with van der Waals surface area (Å²) in [6, 6.07) is 13.3. The molecule has 4 rings (SSSR count). The van der Waals surface area contributed by atoms with Gasteiger partial charge in [0, 0.05) is 40.5 Å². The highest BCUT2D eigenvalue weighted by Gasteiger charge is 2.25. The molecule has 1 unspecified atom stereocenters. The number of amides is 2. The zero-order valence-electron chi connectivity index (χ0n) is 17.1. The third-order valence-electron chi connectivity index (χ3n) is 5.58. The Morgan fingerprint density at radius 1 is 1.13 bits per heavy atom. The predicted molar refractivity (Wildman–Crippen MR) is 124 cm³/mol. The highest BCUT2D eigenvalue weighted by atomic mass is 35.5. The SMILES string of the molecule is CC1CCN(C(=O)CNc2ccc(Cl)cc2C(=O)N2CCCC2)c2ccccc2S1. The van der Waals surface area contributed by atoms with E-state index in [-0.39, 0.29) is 18.4 Å². The highest BCUT2D eigenvalue weighted by Crippen LogP contribution is 2.37. The number of fused-ring (bicyclic) bond motifs is 1. The second-order valence-electron chi connectivity index (χ2n) is 7.77. The van der Waals surface area contributed by atoms with E-state index in [0.29, 0.717) is 28.1 Å². The second kappa shape index (κ2) is 9.31. The van der Waals surface area contributed by atoms with Crippen molar-refractivity contribution in [3.63, 3.8) is 0 Å². The van der Waals surface area contributed by atoms with Gasteiger partial charge in [0.15, 0.2) is 0 Å². The van der Waals surface area contributed by atoms with Crippen molar-refractivity contribution < 1.29 is 9.59 Å². The molecule has 7 heteroatoms. The van der Waals surface area contributed by atoms with Gasteiger partial charge in [0.25, 0.3) is 5.91 Å². The van der Waals surface area contributed by atoms with Gasteiger partial charge in [-0.1, -0.05) is 30.7 Å². The number of halogens is 1. The van der Waals surface area contributed by atoms with Crippen LogP contribution >= 0.6 is 23.4 Å². The summed E-state index contributed by atoms with van der Waals surface area (Å²) in [5.41, 5.74) is 2.14. The smallest absolute Gasteiger partial charge is 0.256 e. The fourth-order valence-corrected chi connectivity index (χ4v) is 5.24. The van der Waals surface area contributed by atoms with E-state index in [1.54, 1.807) is 18.2 Å². The molecule has 158 valence electrons. The van der Waals surface area contributed by atoms with Crippen LogP contribution in [0.5, 0.6) is 0 Å². The van der Waals surface area contributed by atoms with Gasteiger partial charge in [0.1, 0.15) is 0 Å². The minimum atomic E-state index is -0.0321. The van der Waals surface area contributed by atoms with Crippen molar-refractivity contribution >= 4 is 46.6 Å². The van der Waals surface area contributed by atoms with Gasteiger partial charge in [-0.15, -0.1) is 11.8 Å². The zero-order chi connectivity index (χ0) is 21.1. The zero-order valence-corrected chi connectivity index (χ0v) is 18.6. The maximum absolute atomic E-state index is 13.1. The molecule has 0 spiro atoms. The lowest BCUT2D eigenvalue weighted by atomic mass is 10.1. The van der Waals surface area contributed by atoms with E-state index in [4.69, 9.17) is 11.6 Å². The molecule has 2 amide bonds. The fourth-order valence-electron chi connectivity index (χ4n) is 3.95. The van der Waals surface area contributed by atoms with Crippen molar-refractivity contribution in [3.05, 3.63) is 53.1 Å². The van der Waals surface area contributed by atoms with Crippen molar-refractivity contribution in [2.75, 3.05) is 36.4 Å². The van der Waals surface area contributed by atoms with E-state index in [0.717, 1.165) is 42.9 Å². The number of anilines is 2. The maximum atomic E-state index is 13.1. The fraction of sp³-hybridized carbons (Fsp3) is 0.391. The molecule has 1 saturated heterocycles. The molecule has 2 aliphatic heterocycles. The number of rotatable bonds is 4. The molecule has 2 aromatic rings. The average molecular weight is 444 g/mol. The van der Waals surface area contributed by atoms with Gasteiger partial charge in [0.05, 0.1) is 17.8 Å². The van der Waals surface area contributed by atoms with Gasteiger partial charge in [-0.3, -0.25) is 9.59 Å². The van der Waals surface area contributed by atoms with E-state index >= 15 is 0 Å². The summed E-state index contributed by atoms with van der Waals surface area (Å²) in [5, 5.41) is 4.17. The number of likely N-dealkylation sites (tertiary alicyclic amines) is 1. The van der Waals surface area contributed by atoms with Crippen molar-refractivity contribution in [1.82, 2.24) is 4.90 Å². The lowest BCUT2D eigenvalue weighted by molar-refractivity contribution is -0.117. The minimum Gasteiger partial charge on any atom is -0.375 e. The minimum absolute atomic E-state index is 0.00771. The van der Waals surface area contributed by atoms with Crippen LogP contribution in [0.3, 0.4) is 0 Å². The number of carbonyl (C=O) groups excluding carboxylic acids is 2. The second-order valence-corrected chi connectivity index (χ2v) is 9.69. The normalized spacial score (nSPS) is 18.7. The van der Waals surface area contributed by atoms with Crippen molar-refractivity contribution in [2.24, 2.45) is 0 Å². The molecular weight excluding hydrogens is 418 g/mol. The van der Waals surface area contributed by atoms with Gasteiger partial charge in [-0.05, 0) is 49.6 Å². The summed E-state index contributed by atoms with van der Waals surface area (Å²) < 4.78 is 0. The Labute approximate surface area is 186 Å². The van der Waals surface area contributed by atoms with Gasteiger partial charge in [-0.25, -0.2) is 0 Å². The van der Waals surface area contributed by atoms with E-state index in [1.807, 2.05) is 39.8 Å². The predicted octanol–water partition coefficient (Wildman–Crippen LogP) is 4.91. The Kier molecular flexibility index (Phi) is 6.54. The topological polar surface area (TPSA) is 52.7 Å². The first-order valence-electron chi connectivity index (χ1n) is 10.4. The molecule has 2 aliphatic rings. The average Bonchev–Trinajstić information content (AvgIpc) is 3.22. The van der Waals surface area contributed by atoms with Crippen molar-refractivity contribution in [3.8, 4) is 0 Å². The molecule has 0 radical (unpaired) electrons. The molecule has 5 nitrogen and oxygen atoms in total. The van der Waals surface area contributed by atoms with Crippen LogP contribution < -0.4 is 10.2 Å². The van der Waals surface area contributed by atoms with E-state index in [9.17, 15) is 9.59 Å². The Bertz CT molecular complexity index is 946. The van der Waals surface area contributed by atoms with Crippen LogP contribution in [0.4, 0.5) is 11.4 Å². The molecule has 1 atom stereocenters. The maximum Gasteiger partial charge on any atom is 0.256 e. The molecule has 2 heterocycles. The van der Waals surface area contributed by atoms with Crippen molar-refractivity contribution in [1.29, 1.82) is 0 Å². The number of hydrogen-bond acceptors (Lipinski definition) is 4. The molecule has 0 aromatic heterocycles. The number of para-hydroxylation sites is 1. The largest absolute Gasteiger partial charge is 0.375 e. The summed E-state index contributed by atoms with van der Waals surface area (Å²) in [6.07, 6.45) is 2.99. The third kappa shape index (κ3) is 4.60. The quantitative estimate of drug-likeness (QED) is 0.729. The van der Waals surface area contributed by atoms with Gasteiger partial charge in [0.2, 0.25) is 5.91 Å². The van der Waals surface area contributed by atoms with E-state index in [1.165, 1.54) is 0 Å². The van der Waals surface area contributed by atoms with Gasteiger partial charge < -0.3 is 15.1 Å². The van der Waals surface area contributed by atoms with Crippen LogP contribution in [0.15, 0.2) is 47.4 Å². The van der Waals surface area contributed by atoms with Crippen LogP contribution in [0.1, 0.15) is 36.5 Å². The summed E-state index contributed by atoms with van der Waals surface area (Å²) >= 11 is 7.98. The number of nitrogens with one attached hydrogen (secondary N) is 1. The van der Waals surface area contributed by atoms with Gasteiger partial charge in [-0.2, -0.15) is 0 Å². The monoisotopic (exact) mass is 443 g/mol. The Morgan fingerprint density at radius 2 is 1.90 bits per heavy atom. The molecule has 0 bridgehead atoms. The number of carbonyl (C=O) groups is 2. The Hall–Kier alpha value is -2.18. The van der Waals surface area contributed by atoms with Crippen LogP contribution in [0.2, 0.25) is 5.02 Å². The summed E-state index contributed by atoms with van der Waals surface area (Å²) in [4.78, 5) is 30.9. The number of hydrogen-bond donors (Lipinski definition) is 1. The standard InChI is InChI=1S/C23H26ClN3O2S/c1-16-10-13-27(20-6-2-3-7-21(20)30-16)22(28)15-25-19-9-8-17(24)14-18(19)23(29)26-11-4-5-12-26/h2-3,6-9,14,16,25H,4-5,10-13,15H2,1H3. The van der Waals surface area contributed by atoms with E-state index in [2.05, 4.69) is 18.3 Å². The van der Waals surface area contributed by atoms with Crippen LogP contribution in [0.25, 0.3) is 0 Å². The lowest BCUT2D eigenvalue weighted by Gasteiger charge is -2.24. The molecule has 1 fully saturated rings. The molecule has 1 N–H and O–H groups in total. The Morgan fingerprint density at radius 3 is 2.70 bits per heavy atom. The third-order valence-corrected chi connectivity index (χ3v) is 7.05. The molecule has 0 saturated carbocycles. The first-order valence-corrected chi connectivity index (χ1v) is 11.7. The van der Waals surface area contributed by atoms with Crippen LogP contribution in [-0.4, -0.2) is 48.1 Å². The first-order chi connectivity index (χ1) is 14.5. The van der Waals surface area contributed by atoms with Crippen molar-refractivity contribution in [2.45, 2.75) is 36.3 Å².